The summed E-state index contributed by atoms with van der Waals surface area (Å²) in [5, 5.41) is 18.7. The van der Waals surface area contributed by atoms with E-state index in [1.807, 2.05) is 42.5 Å². The molecule has 1 atom stereocenters. The van der Waals surface area contributed by atoms with Crippen molar-refractivity contribution in [3.05, 3.63) is 65.2 Å². The van der Waals surface area contributed by atoms with Crippen LogP contribution in [-0.4, -0.2) is 35.8 Å². The first-order valence-corrected chi connectivity index (χ1v) is 10.1. The Morgan fingerprint density at radius 3 is 2.52 bits per heavy atom. The standard InChI is InChI=1S/C23H24ClNO6/c1-23(18(22(28)29)12-20(26)27)11-10-16-4-3-5-19(21(16)25(24)14-23)31-13-15-6-8-17(30-2)9-7-15/h3-9,12H,10-11,13-14H2,1-2H3,(H,26,27)(H,28,29). The molecule has 2 aromatic rings. The monoisotopic (exact) mass is 445 g/mol. The minimum Gasteiger partial charge on any atom is -0.497 e. The number of aliphatic carboxylic acids is 2. The Bertz CT molecular complexity index is 1000. The smallest absolute Gasteiger partial charge is 0.332 e. The highest BCUT2D eigenvalue weighted by molar-refractivity contribution is 6.26. The van der Waals surface area contributed by atoms with Gasteiger partial charge in [0, 0.05) is 29.8 Å². The summed E-state index contributed by atoms with van der Waals surface area (Å²) in [6.45, 7) is 2.16. The van der Waals surface area contributed by atoms with Crippen LogP contribution >= 0.6 is 11.8 Å². The maximum absolute atomic E-state index is 11.8. The number of carboxylic acid groups (broad SMARTS) is 2. The summed E-state index contributed by atoms with van der Waals surface area (Å²) in [6.07, 6.45) is 1.71. The molecule has 0 spiro atoms. The first-order chi connectivity index (χ1) is 14.7. The molecule has 0 amide bonds. The van der Waals surface area contributed by atoms with E-state index < -0.39 is 17.4 Å². The van der Waals surface area contributed by atoms with E-state index in [2.05, 4.69) is 0 Å². The number of nitrogens with zero attached hydrogens (tertiary/aromatic N) is 1. The van der Waals surface area contributed by atoms with Gasteiger partial charge in [0.25, 0.3) is 0 Å². The molecular weight excluding hydrogens is 422 g/mol. The third-order valence-corrected chi connectivity index (χ3v) is 5.75. The number of ether oxygens (including phenoxy) is 2. The van der Waals surface area contributed by atoms with Gasteiger partial charge in [0.05, 0.1) is 18.4 Å². The fourth-order valence-corrected chi connectivity index (χ4v) is 4.21. The second-order valence-corrected chi connectivity index (χ2v) is 8.09. The normalized spacial score (nSPS) is 18.7. The van der Waals surface area contributed by atoms with E-state index in [-0.39, 0.29) is 12.1 Å². The van der Waals surface area contributed by atoms with E-state index in [1.165, 1.54) is 4.42 Å². The van der Waals surface area contributed by atoms with Crippen molar-refractivity contribution in [3.8, 4) is 11.5 Å². The minimum atomic E-state index is -1.30. The fraction of sp³-hybridized carbons (Fsp3) is 0.304. The molecular formula is C23H24ClNO6. The van der Waals surface area contributed by atoms with Gasteiger partial charge < -0.3 is 19.7 Å². The Labute approximate surface area is 185 Å². The van der Waals surface area contributed by atoms with E-state index in [4.69, 9.17) is 26.4 Å². The molecule has 1 heterocycles. The molecule has 1 aliphatic rings. The van der Waals surface area contributed by atoms with Crippen molar-refractivity contribution in [1.29, 1.82) is 0 Å². The summed E-state index contributed by atoms with van der Waals surface area (Å²) in [6, 6.07) is 13.1. The van der Waals surface area contributed by atoms with E-state index >= 15 is 0 Å². The summed E-state index contributed by atoms with van der Waals surface area (Å²) in [5.41, 5.74) is 1.39. The Kier molecular flexibility index (Phi) is 6.75. The molecule has 2 N–H and O–H groups in total. The molecule has 2 aromatic carbocycles. The lowest BCUT2D eigenvalue weighted by Crippen LogP contribution is -2.34. The van der Waals surface area contributed by atoms with Crippen LogP contribution in [0.5, 0.6) is 11.5 Å². The van der Waals surface area contributed by atoms with Crippen LogP contribution in [0.2, 0.25) is 0 Å². The SMILES string of the molecule is COc1ccc(COc2cccc3c2N(Cl)CC(C)(C(=CC(=O)O)C(=O)O)CC3)cc1. The number of rotatable bonds is 7. The van der Waals surface area contributed by atoms with Gasteiger partial charge in [-0.25, -0.2) is 9.59 Å². The van der Waals surface area contributed by atoms with Gasteiger partial charge in [-0.1, -0.05) is 31.2 Å². The minimum absolute atomic E-state index is 0.121. The predicted molar refractivity (Wildman–Crippen MR) is 117 cm³/mol. The average molecular weight is 446 g/mol. The molecule has 0 radical (unpaired) electrons. The zero-order valence-corrected chi connectivity index (χ0v) is 18.1. The van der Waals surface area contributed by atoms with Crippen LogP contribution in [0.4, 0.5) is 5.69 Å². The highest BCUT2D eigenvalue weighted by Crippen LogP contribution is 2.44. The lowest BCUT2D eigenvalue weighted by Gasteiger charge is -2.31. The van der Waals surface area contributed by atoms with Gasteiger partial charge in [-0.15, -0.1) is 0 Å². The number of carboxylic acids is 2. The van der Waals surface area contributed by atoms with E-state index in [1.54, 1.807) is 14.0 Å². The van der Waals surface area contributed by atoms with Gasteiger partial charge in [0.2, 0.25) is 0 Å². The molecule has 1 aliphatic heterocycles. The van der Waals surface area contributed by atoms with Gasteiger partial charge in [0.15, 0.2) is 0 Å². The van der Waals surface area contributed by atoms with Crippen molar-refractivity contribution in [2.45, 2.75) is 26.4 Å². The Morgan fingerprint density at radius 1 is 1.19 bits per heavy atom. The molecule has 0 fully saturated rings. The number of carbonyl (C=O) groups is 2. The highest BCUT2D eigenvalue weighted by atomic mass is 35.5. The molecule has 0 saturated heterocycles. The van der Waals surface area contributed by atoms with Gasteiger partial charge in [0.1, 0.15) is 18.1 Å². The van der Waals surface area contributed by atoms with Crippen LogP contribution in [0, 0.1) is 5.41 Å². The second kappa shape index (κ2) is 9.31. The van der Waals surface area contributed by atoms with Gasteiger partial charge >= 0.3 is 11.9 Å². The van der Waals surface area contributed by atoms with Crippen molar-refractivity contribution < 1.29 is 29.3 Å². The van der Waals surface area contributed by atoms with Gasteiger partial charge in [-0.2, -0.15) is 0 Å². The molecule has 3 rings (SSSR count). The van der Waals surface area contributed by atoms with Crippen LogP contribution in [0.25, 0.3) is 0 Å². The molecule has 0 aromatic heterocycles. The fourth-order valence-electron chi connectivity index (χ4n) is 3.76. The van der Waals surface area contributed by atoms with Crippen molar-refractivity contribution in [1.82, 2.24) is 0 Å². The number of fused-ring (bicyclic) bond motifs is 1. The van der Waals surface area contributed by atoms with Crippen LogP contribution in [-0.2, 0) is 22.6 Å². The number of hydrogen-bond donors (Lipinski definition) is 2. The molecule has 0 aliphatic carbocycles. The Morgan fingerprint density at radius 2 is 1.90 bits per heavy atom. The third kappa shape index (κ3) is 5.11. The lowest BCUT2D eigenvalue weighted by atomic mass is 9.77. The van der Waals surface area contributed by atoms with Crippen LogP contribution < -0.4 is 13.9 Å². The zero-order valence-electron chi connectivity index (χ0n) is 17.3. The van der Waals surface area contributed by atoms with Gasteiger partial charge in [-0.3, -0.25) is 4.42 Å². The Balaban J connectivity index is 1.86. The molecule has 1 unspecified atom stereocenters. The first-order valence-electron chi connectivity index (χ1n) is 9.73. The van der Waals surface area contributed by atoms with Crippen molar-refractivity contribution in [3.63, 3.8) is 0 Å². The number of hydrogen-bond acceptors (Lipinski definition) is 5. The third-order valence-electron chi connectivity index (χ3n) is 5.46. The maximum atomic E-state index is 11.8. The van der Waals surface area contributed by atoms with E-state index in [9.17, 15) is 14.7 Å². The van der Waals surface area contributed by atoms with Crippen LogP contribution in [0.3, 0.4) is 0 Å². The predicted octanol–water partition coefficient (Wildman–Crippen LogP) is 4.28. The molecule has 7 nitrogen and oxygen atoms in total. The van der Waals surface area contributed by atoms with Gasteiger partial charge in [-0.05, 0) is 42.2 Å². The summed E-state index contributed by atoms with van der Waals surface area (Å²) in [4.78, 5) is 23.0. The molecule has 164 valence electrons. The van der Waals surface area contributed by atoms with Crippen molar-refractivity contribution >= 4 is 29.4 Å². The van der Waals surface area contributed by atoms with Crippen molar-refractivity contribution in [2.24, 2.45) is 5.41 Å². The number of anilines is 1. The Hall–Kier alpha value is -3.19. The zero-order chi connectivity index (χ0) is 22.6. The largest absolute Gasteiger partial charge is 0.497 e. The lowest BCUT2D eigenvalue weighted by molar-refractivity contribution is -0.136. The van der Waals surface area contributed by atoms with E-state index in [0.717, 1.165) is 23.0 Å². The number of para-hydroxylation sites is 1. The van der Waals surface area contributed by atoms with Crippen molar-refractivity contribution in [2.75, 3.05) is 18.1 Å². The average Bonchev–Trinajstić information content (AvgIpc) is 2.87. The topological polar surface area (TPSA) is 96.3 Å². The molecule has 31 heavy (non-hydrogen) atoms. The van der Waals surface area contributed by atoms with Crippen LogP contribution in [0.15, 0.2) is 54.1 Å². The van der Waals surface area contributed by atoms with E-state index in [0.29, 0.717) is 30.9 Å². The second-order valence-electron chi connectivity index (χ2n) is 7.68. The highest BCUT2D eigenvalue weighted by Gasteiger charge is 2.39. The summed E-state index contributed by atoms with van der Waals surface area (Å²) >= 11 is 6.62. The molecule has 8 heteroatoms. The maximum Gasteiger partial charge on any atom is 0.332 e. The summed E-state index contributed by atoms with van der Waals surface area (Å²) < 4.78 is 12.6. The summed E-state index contributed by atoms with van der Waals surface area (Å²) in [7, 11) is 1.61. The summed E-state index contributed by atoms with van der Waals surface area (Å²) in [5.74, 6) is -1.24. The number of halogens is 1. The quantitative estimate of drug-likeness (QED) is 0.485. The van der Waals surface area contributed by atoms with Crippen LogP contribution in [0.1, 0.15) is 24.5 Å². The molecule has 0 bridgehead atoms. The number of benzene rings is 2. The number of methoxy groups -OCH3 is 1. The first kappa shape index (κ1) is 22.5. The number of aryl methyl sites for hydroxylation is 1. The molecule has 0 saturated carbocycles.